The lowest BCUT2D eigenvalue weighted by Gasteiger charge is -2.20. The Morgan fingerprint density at radius 3 is 2.88 bits per heavy atom. The number of rotatable bonds is 4. The average Bonchev–Trinajstić information content (AvgIpc) is 2.76. The van der Waals surface area contributed by atoms with Crippen LogP contribution in [0, 0.1) is 5.92 Å². The van der Waals surface area contributed by atoms with Crippen molar-refractivity contribution in [2.75, 3.05) is 6.54 Å². The molecule has 2 N–H and O–H groups in total. The molecular formula is C13H22N4. The Labute approximate surface area is 103 Å². The van der Waals surface area contributed by atoms with Crippen LogP contribution in [-0.4, -0.2) is 21.9 Å². The van der Waals surface area contributed by atoms with Crippen LogP contribution in [0.1, 0.15) is 37.9 Å². The fourth-order valence-electron chi connectivity index (χ4n) is 2.45. The minimum Gasteiger partial charge on any atom is -0.387 e. The zero-order valence-corrected chi connectivity index (χ0v) is 10.6. The van der Waals surface area contributed by atoms with Crippen LogP contribution < -0.4 is 5.73 Å². The Hall–Kier alpha value is -1.32. The van der Waals surface area contributed by atoms with E-state index in [0.29, 0.717) is 5.92 Å². The first-order chi connectivity index (χ1) is 8.27. The molecule has 0 bridgehead atoms. The van der Waals surface area contributed by atoms with Crippen molar-refractivity contribution in [3.8, 4) is 0 Å². The van der Waals surface area contributed by atoms with E-state index in [9.17, 15) is 0 Å². The maximum Gasteiger partial charge on any atom is 0.110 e. The number of hydrogen-bond donors (Lipinski definition) is 1. The van der Waals surface area contributed by atoms with E-state index in [1.165, 1.54) is 32.1 Å². The van der Waals surface area contributed by atoms with Crippen LogP contribution in [0.25, 0.3) is 0 Å². The number of nitrogens with zero attached hydrogens (tertiary/aromatic N) is 3. The lowest BCUT2D eigenvalue weighted by atomic mass is 9.88. The smallest absolute Gasteiger partial charge is 0.110 e. The minimum atomic E-state index is 0.533. The third kappa shape index (κ3) is 3.32. The van der Waals surface area contributed by atoms with Gasteiger partial charge in [-0.15, -0.1) is 0 Å². The van der Waals surface area contributed by atoms with Gasteiger partial charge in [-0.2, -0.15) is 0 Å². The summed E-state index contributed by atoms with van der Waals surface area (Å²) < 4.78 is 2.03. The molecule has 1 aliphatic rings. The molecular weight excluding hydrogens is 212 g/mol. The maximum atomic E-state index is 6.05. The lowest BCUT2D eigenvalue weighted by Crippen LogP contribution is -2.26. The predicted octanol–water partition coefficient (Wildman–Crippen LogP) is 1.90. The summed E-state index contributed by atoms with van der Waals surface area (Å²) in [5.74, 6) is 2.47. The van der Waals surface area contributed by atoms with Gasteiger partial charge < -0.3 is 10.3 Å². The van der Waals surface area contributed by atoms with E-state index in [4.69, 9.17) is 5.73 Å². The van der Waals surface area contributed by atoms with Gasteiger partial charge in [0.25, 0.3) is 0 Å². The fraction of sp³-hybridized carbons (Fsp3) is 0.692. The van der Waals surface area contributed by atoms with E-state index >= 15 is 0 Å². The Morgan fingerprint density at radius 2 is 2.24 bits per heavy atom. The molecule has 17 heavy (non-hydrogen) atoms. The summed E-state index contributed by atoms with van der Waals surface area (Å²) in [6.07, 6.45) is 11.1. The standard InChI is InChI=1S/C13H22N4/c1-17-10-9-15-12(17)7-8-16-13(14)11-5-3-2-4-6-11/h9-11H,2-8H2,1H3,(H2,14,16). The van der Waals surface area contributed by atoms with Crippen LogP contribution in [-0.2, 0) is 13.5 Å². The molecule has 1 aromatic rings. The monoisotopic (exact) mass is 234 g/mol. The van der Waals surface area contributed by atoms with Crippen LogP contribution in [0.15, 0.2) is 17.4 Å². The Morgan fingerprint density at radius 1 is 1.47 bits per heavy atom. The summed E-state index contributed by atoms with van der Waals surface area (Å²) in [5.41, 5.74) is 6.05. The number of imidazole rings is 1. The first kappa shape index (κ1) is 12.1. The van der Waals surface area contributed by atoms with Gasteiger partial charge in [0.15, 0.2) is 0 Å². The minimum absolute atomic E-state index is 0.533. The molecule has 4 nitrogen and oxygen atoms in total. The summed E-state index contributed by atoms with van der Waals surface area (Å²) in [6.45, 7) is 0.757. The number of nitrogens with two attached hydrogens (primary N) is 1. The van der Waals surface area contributed by atoms with E-state index in [1.807, 2.05) is 24.0 Å². The number of aryl methyl sites for hydroxylation is 1. The van der Waals surface area contributed by atoms with Crippen LogP contribution in [0.5, 0.6) is 0 Å². The quantitative estimate of drug-likeness (QED) is 0.639. The summed E-state index contributed by atoms with van der Waals surface area (Å²) in [6, 6.07) is 0. The van der Waals surface area contributed by atoms with E-state index in [0.717, 1.165) is 24.6 Å². The number of aromatic nitrogens is 2. The van der Waals surface area contributed by atoms with Gasteiger partial charge in [-0.1, -0.05) is 19.3 Å². The summed E-state index contributed by atoms with van der Waals surface area (Å²) in [5, 5.41) is 0. The summed E-state index contributed by atoms with van der Waals surface area (Å²) in [4.78, 5) is 8.78. The van der Waals surface area contributed by atoms with Gasteiger partial charge in [0.05, 0.1) is 5.84 Å². The molecule has 0 atom stereocenters. The van der Waals surface area contributed by atoms with Gasteiger partial charge in [-0.05, 0) is 12.8 Å². The molecule has 0 saturated heterocycles. The lowest BCUT2D eigenvalue weighted by molar-refractivity contribution is 0.436. The van der Waals surface area contributed by atoms with Gasteiger partial charge >= 0.3 is 0 Å². The van der Waals surface area contributed by atoms with E-state index < -0.39 is 0 Å². The third-order valence-corrected chi connectivity index (χ3v) is 3.57. The molecule has 1 aliphatic carbocycles. The molecule has 1 fully saturated rings. The van der Waals surface area contributed by atoms with E-state index in [2.05, 4.69) is 9.98 Å². The molecule has 0 spiro atoms. The van der Waals surface area contributed by atoms with Crippen LogP contribution in [0.3, 0.4) is 0 Å². The highest BCUT2D eigenvalue weighted by atomic mass is 15.0. The van der Waals surface area contributed by atoms with Gasteiger partial charge in [0.1, 0.15) is 5.82 Å². The zero-order valence-electron chi connectivity index (χ0n) is 10.6. The van der Waals surface area contributed by atoms with Crippen molar-refractivity contribution < 1.29 is 0 Å². The fourth-order valence-corrected chi connectivity index (χ4v) is 2.45. The molecule has 1 heterocycles. The SMILES string of the molecule is Cn1ccnc1CCN=C(N)C1CCCCC1. The van der Waals surface area contributed by atoms with Crippen LogP contribution in [0.2, 0.25) is 0 Å². The van der Waals surface area contributed by atoms with E-state index in [1.54, 1.807) is 0 Å². The van der Waals surface area contributed by atoms with E-state index in [-0.39, 0.29) is 0 Å². The van der Waals surface area contributed by atoms with Crippen molar-refractivity contribution in [3.05, 3.63) is 18.2 Å². The Balaban J connectivity index is 1.81. The van der Waals surface area contributed by atoms with Crippen LogP contribution >= 0.6 is 0 Å². The zero-order chi connectivity index (χ0) is 12.1. The van der Waals surface area contributed by atoms with Gasteiger partial charge in [-0.25, -0.2) is 4.98 Å². The molecule has 0 aliphatic heterocycles. The highest BCUT2D eigenvalue weighted by Crippen LogP contribution is 2.23. The number of aliphatic imine (C=N–C) groups is 1. The van der Waals surface area contributed by atoms with Gasteiger partial charge in [0.2, 0.25) is 0 Å². The topological polar surface area (TPSA) is 56.2 Å². The average molecular weight is 234 g/mol. The molecule has 2 rings (SSSR count). The van der Waals surface area contributed by atoms with Gasteiger partial charge in [-0.3, -0.25) is 4.99 Å². The summed E-state index contributed by atoms with van der Waals surface area (Å²) in [7, 11) is 2.01. The van der Waals surface area contributed by atoms with Crippen molar-refractivity contribution in [2.24, 2.45) is 23.7 Å². The normalized spacial score (nSPS) is 18.5. The summed E-state index contributed by atoms with van der Waals surface area (Å²) >= 11 is 0. The van der Waals surface area contributed by atoms with Crippen molar-refractivity contribution in [1.29, 1.82) is 0 Å². The van der Waals surface area contributed by atoms with Crippen LogP contribution in [0.4, 0.5) is 0 Å². The van der Waals surface area contributed by atoms with Crippen molar-refractivity contribution >= 4 is 5.84 Å². The van der Waals surface area contributed by atoms with Gasteiger partial charge in [0, 0.05) is 38.3 Å². The molecule has 0 unspecified atom stereocenters. The molecule has 4 heteroatoms. The van der Waals surface area contributed by atoms with Crippen molar-refractivity contribution in [1.82, 2.24) is 9.55 Å². The maximum absolute atomic E-state index is 6.05. The van der Waals surface area contributed by atoms with Crippen molar-refractivity contribution in [3.63, 3.8) is 0 Å². The second-order valence-corrected chi connectivity index (χ2v) is 4.85. The number of amidine groups is 1. The molecule has 94 valence electrons. The first-order valence-corrected chi connectivity index (χ1v) is 6.53. The second-order valence-electron chi connectivity index (χ2n) is 4.85. The highest BCUT2D eigenvalue weighted by molar-refractivity contribution is 5.82. The molecule has 0 amide bonds. The molecule has 0 radical (unpaired) electrons. The molecule has 1 aromatic heterocycles. The molecule has 0 aromatic carbocycles. The molecule has 1 saturated carbocycles. The van der Waals surface area contributed by atoms with Crippen molar-refractivity contribution in [2.45, 2.75) is 38.5 Å². The Bertz CT molecular complexity index is 375. The predicted molar refractivity (Wildman–Crippen MR) is 70.0 cm³/mol. The number of hydrogen-bond acceptors (Lipinski definition) is 2. The largest absolute Gasteiger partial charge is 0.387 e. The highest BCUT2D eigenvalue weighted by Gasteiger charge is 2.16. The third-order valence-electron chi connectivity index (χ3n) is 3.57. The Kier molecular flexibility index (Phi) is 4.18. The second kappa shape index (κ2) is 5.84. The first-order valence-electron chi connectivity index (χ1n) is 6.53.